The zero-order valence-corrected chi connectivity index (χ0v) is 11.1. The summed E-state index contributed by atoms with van der Waals surface area (Å²) in [6.45, 7) is 3.06. The van der Waals surface area contributed by atoms with Crippen LogP contribution in [0.5, 0.6) is 0 Å². The molecule has 2 aliphatic rings. The highest BCUT2D eigenvalue weighted by molar-refractivity contribution is 5.89. The maximum atomic E-state index is 12.3. The predicted molar refractivity (Wildman–Crippen MR) is 74.9 cm³/mol. The van der Waals surface area contributed by atoms with Crippen LogP contribution in [-0.2, 0) is 17.6 Å². The number of nitrogens with one attached hydrogen (secondary N) is 2. The number of aromatic nitrogens is 1. The van der Waals surface area contributed by atoms with Gasteiger partial charge in [-0.25, -0.2) is 0 Å². The second kappa shape index (κ2) is 3.62. The van der Waals surface area contributed by atoms with E-state index in [1.165, 1.54) is 22.2 Å². The molecule has 0 bridgehead atoms. The van der Waals surface area contributed by atoms with Crippen LogP contribution in [0.4, 0.5) is 0 Å². The van der Waals surface area contributed by atoms with Crippen molar-refractivity contribution in [1.29, 1.82) is 0 Å². The van der Waals surface area contributed by atoms with Gasteiger partial charge in [-0.15, -0.1) is 0 Å². The Labute approximate surface area is 112 Å². The summed E-state index contributed by atoms with van der Waals surface area (Å²) in [5.74, 6) is 0.673. The molecule has 2 heterocycles. The lowest BCUT2D eigenvalue weighted by molar-refractivity contribution is -0.130. The molecule has 98 valence electrons. The standard InChI is InChI=1S/C16H18N2O/c1-10-8-14-12(9-16(10)6-7-17-15(16)19)11-4-2-3-5-13(11)18-14/h2-5,10,18H,6-9H2,1H3,(H,17,19)/t10-,16+/m1/s1. The summed E-state index contributed by atoms with van der Waals surface area (Å²) >= 11 is 0. The molecule has 1 saturated heterocycles. The molecule has 1 aliphatic heterocycles. The van der Waals surface area contributed by atoms with Crippen molar-refractivity contribution in [1.82, 2.24) is 10.3 Å². The maximum absolute atomic E-state index is 12.3. The summed E-state index contributed by atoms with van der Waals surface area (Å²) < 4.78 is 0. The van der Waals surface area contributed by atoms with E-state index < -0.39 is 0 Å². The summed E-state index contributed by atoms with van der Waals surface area (Å²) in [7, 11) is 0. The fraction of sp³-hybridized carbons (Fsp3) is 0.438. The minimum Gasteiger partial charge on any atom is -0.358 e. The molecule has 0 unspecified atom stereocenters. The largest absolute Gasteiger partial charge is 0.358 e. The topological polar surface area (TPSA) is 44.9 Å². The first-order chi connectivity index (χ1) is 9.21. The van der Waals surface area contributed by atoms with E-state index in [4.69, 9.17) is 0 Å². The van der Waals surface area contributed by atoms with Gasteiger partial charge in [-0.2, -0.15) is 0 Å². The second-order valence-corrected chi connectivity index (χ2v) is 6.07. The molecule has 19 heavy (non-hydrogen) atoms. The van der Waals surface area contributed by atoms with Crippen molar-refractivity contribution in [2.75, 3.05) is 6.54 Å². The minimum absolute atomic E-state index is 0.169. The molecular formula is C16H18N2O. The van der Waals surface area contributed by atoms with E-state index in [1.807, 2.05) is 0 Å². The summed E-state index contributed by atoms with van der Waals surface area (Å²) in [5, 5.41) is 4.33. The first-order valence-corrected chi connectivity index (χ1v) is 7.07. The molecule has 4 rings (SSSR count). The number of benzene rings is 1. The van der Waals surface area contributed by atoms with E-state index >= 15 is 0 Å². The number of hydrogen-bond acceptors (Lipinski definition) is 1. The lowest BCUT2D eigenvalue weighted by Crippen LogP contribution is -2.42. The highest BCUT2D eigenvalue weighted by Gasteiger charge is 2.49. The monoisotopic (exact) mass is 254 g/mol. The summed E-state index contributed by atoms with van der Waals surface area (Å²) in [4.78, 5) is 15.8. The highest BCUT2D eigenvalue weighted by atomic mass is 16.2. The van der Waals surface area contributed by atoms with Crippen LogP contribution in [0.25, 0.3) is 10.9 Å². The first-order valence-electron chi connectivity index (χ1n) is 7.07. The lowest BCUT2D eigenvalue weighted by Gasteiger charge is -2.37. The van der Waals surface area contributed by atoms with Crippen molar-refractivity contribution in [3.05, 3.63) is 35.5 Å². The third-order valence-electron chi connectivity index (χ3n) is 5.16. The van der Waals surface area contributed by atoms with E-state index in [0.29, 0.717) is 5.92 Å². The van der Waals surface area contributed by atoms with Gasteiger partial charge in [0, 0.05) is 23.1 Å². The number of fused-ring (bicyclic) bond motifs is 3. The van der Waals surface area contributed by atoms with Crippen molar-refractivity contribution >= 4 is 16.8 Å². The van der Waals surface area contributed by atoms with E-state index in [2.05, 4.69) is 41.5 Å². The van der Waals surface area contributed by atoms with Gasteiger partial charge in [0.15, 0.2) is 0 Å². The highest BCUT2D eigenvalue weighted by Crippen LogP contribution is 2.46. The van der Waals surface area contributed by atoms with Gasteiger partial charge >= 0.3 is 0 Å². The molecule has 2 aromatic rings. The van der Waals surface area contributed by atoms with Gasteiger partial charge in [0.2, 0.25) is 5.91 Å². The number of H-pyrrole nitrogens is 1. The SMILES string of the molecule is C[C@@H]1Cc2[nH]c3ccccc3c2C[C@@]12CCNC2=O. The van der Waals surface area contributed by atoms with Crippen molar-refractivity contribution in [2.45, 2.75) is 26.2 Å². The van der Waals surface area contributed by atoms with Crippen LogP contribution in [0.2, 0.25) is 0 Å². The molecule has 1 fully saturated rings. The number of para-hydroxylation sites is 1. The van der Waals surface area contributed by atoms with Gasteiger partial charge in [0.05, 0.1) is 5.41 Å². The molecule has 1 aliphatic carbocycles. The normalized spacial score (nSPS) is 29.7. The third-order valence-corrected chi connectivity index (χ3v) is 5.16. The zero-order valence-electron chi connectivity index (χ0n) is 11.1. The fourth-order valence-corrected chi connectivity index (χ4v) is 3.95. The zero-order chi connectivity index (χ0) is 13.0. The molecule has 1 spiro atoms. The number of carbonyl (C=O) groups excluding carboxylic acids is 1. The Morgan fingerprint density at radius 3 is 2.95 bits per heavy atom. The van der Waals surface area contributed by atoms with Gasteiger partial charge < -0.3 is 10.3 Å². The molecule has 2 N–H and O–H groups in total. The molecule has 1 aromatic carbocycles. The smallest absolute Gasteiger partial charge is 0.226 e. The average Bonchev–Trinajstić information content (AvgIpc) is 2.93. The van der Waals surface area contributed by atoms with Crippen LogP contribution in [0.3, 0.4) is 0 Å². The van der Waals surface area contributed by atoms with E-state index in [-0.39, 0.29) is 11.3 Å². The van der Waals surface area contributed by atoms with Crippen LogP contribution in [0.15, 0.2) is 24.3 Å². The van der Waals surface area contributed by atoms with Crippen molar-refractivity contribution in [3.63, 3.8) is 0 Å². The third kappa shape index (κ3) is 1.36. The summed E-state index contributed by atoms with van der Waals surface area (Å²) in [5.41, 5.74) is 3.73. The maximum Gasteiger partial charge on any atom is 0.226 e. The van der Waals surface area contributed by atoms with Gasteiger partial charge in [0.25, 0.3) is 0 Å². The van der Waals surface area contributed by atoms with Gasteiger partial charge in [-0.05, 0) is 36.8 Å². The molecule has 0 saturated carbocycles. The van der Waals surface area contributed by atoms with Crippen LogP contribution >= 0.6 is 0 Å². The minimum atomic E-state index is -0.169. The Morgan fingerprint density at radius 2 is 2.16 bits per heavy atom. The Morgan fingerprint density at radius 1 is 1.32 bits per heavy atom. The van der Waals surface area contributed by atoms with Crippen LogP contribution in [-0.4, -0.2) is 17.4 Å². The quantitative estimate of drug-likeness (QED) is 0.745. The molecule has 0 radical (unpaired) electrons. The predicted octanol–water partition coefficient (Wildman–Crippen LogP) is 2.41. The van der Waals surface area contributed by atoms with Gasteiger partial charge in [-0.3, -0.25) is 4.79 Å². The summed E-state index contributed by atoms with van der Waals surface area (Å²) in [6, 6.07) is 8.43. The number of amides is 1. The Hall–Kier alpha value is -1.77. The van der Waals surface area contributed by atoms with Crippen molar-refractivity contribution in [2.24, 2.45) is 11.3 Å². The van der Waals surface area contributed by atoms with E-state index in [9.17, 15) is 4.79 Å². The molecule has 3 nitrogen and oxygen atoms in total. The van der Waals surface area contributed by atoms with E-state index in [0.717, 1.165) is 25.8 Å². The lowest BCUT2D eigenvalue weighted by atomic mass is 9.65. The summed E-state index contributed by atoms with van der Waals surface area (Å²) in [6.07, 6.45) is 2.85. The van der Waals surface area contributed by atoms with Crippen molar-refractivity contribution < 1.29 is 4.79 Å². The fourth-order valence-electron chi connectivity index (χ4n) is 3.95. The van der Waals surface area contributed by atoms with E-state index in [1.54, 1.807) is 0 Å². The number of carbonyl (C=O) groups is 1. The number of rotatable bonds is 0. The molecule has 1 aromatic heterocycles. The van der Waals surface area contributed by atoms with Crippen molar-refractivity contribution in [3.8, 4) is 0 Å². The molecule has 2 atom stereocenters. The van der Waals surface area contributed by atoms with Crippen LogP contribution in [0.1, 0.15) is 24.6 Å². The molecule has 3 heteroatoms. The van der Waals surface area contributed by atoms with Crippen LogP contribution < -0.4 is 5.32 Å². The van der Waals surface area contributed by atoms with Gasteiger partial charge in [-0.1, -0.05) is 25.1 Å². The Kier molecular flexibility index (Phi) is 2.12. The molecular weight excluding hydrogens is 236 g/mol. The number of hydrogen-bond donors (Lipinski definition) is 2. The Bertz CT molecular complexity index is 672. The molecule has 1 amide bonds. The first kappa shape index (κ1) is 11.1. The second-order valence-electron chi connectivity index (χ2n) is 6.07. The Balaban J connectivity index is 1.90. The van der Waals surface area contributed by atoms with Crippen LogP contribution in [0, 0.1) is 11.3 Å². The van der Waals surface area contributed by atoms with Gasteiger partial charge in [0.1, 0.15) is 0 Å². The average molecular weight is 254 g/mol. The number of aromatic amines is 1.